The maximum Gasteiger partial charge on any atom is 0.418 e. The van der Waals surface area contributed by atoms with E-state index in [0.29, 0.717) is 11.9 Å². The summed E-state index contributed by atoms with van der Waals surface area (Å²) in [6.07, 6.45) is -1.89. The average molecular weight is 355 g/mol. The normalized spacial score (nSPS) is 12.6. The van der Waals surface area contributed by atoms with Gasteiger partial charge in [-0.3, -0.25) is 9.48 Å². The standard InChI is InChI=1S/C18H24F3N3O/c1-5-6-7-11-24-14-12(9-8-10-13(14)18(19,20)21)15(23-24)22-16(25)17(2,3)4/h8-10H,5-7,11H2,1-4H3,(H,22,23,25). The molecule has 0 unspecified atom stereocenters. The Morgan fingerprint density at radius 2 is 1.88 bits per heavy atom. The maximum absolute atomic E-state index is 13.4. The van der Waals surface area contributed by atoms with Gasteiger partial charge < -0.3 is 5.32 Å². The molecule has 25 heavy (non-hydrogen) atoms. The molecule has 1 amide bonds. The van der Waals surface area contributed by atoms with Crippen LogP contribution in [0.3, 0.4) is 0 Å². The molecule has 2 rings (SSSR count). The van der Waals surface area contributed by atoms with Crippen molar-refractivity contribution in [2.45, 2.75) is 59.7 Å². The number of halogens is 3. The second-order valence-electron chi connectivity index (χ2n) is 7.18. The molecule has 2 aromatic rings. The molecular formula is C18H24F3N3O. The molecule has 1 N–H and O–H groups in total. The van der Waals surface area contributed by atoms with E-state index in [1.54, 1.807) is 26.8 Å². The van der Waals surface area contributed by atoms with Crippen LogP contribution in [-0.2, 0) is 17.5 Å². The number of carbonyl (C=O) groups is 1. The third kappa shape index (κ3) is 4.32. The lowest BCUT2D eigenvalue weighted by Gasteiger charge is -2.16. The molecule has 138 valence electrons. The summed E-state index contributed by atoms with van der Waals surface area (Å²) in [7, 11) is 0. The highest BCUT2D eigenvalue weighted by Gasteiger charge is 2.35. The fraction of sp³-hybridized carbons (Fsp3) is 0.556. The first kappa shape index (κ1) is 19.3. The molecule has 0 radical (unpaired) electrons. The Kier molecular flexibility index (Phi) is 5.44. The van der Waals surface area contributed by atoms with Crippen molar-refractivity contribution >= 4 is 22.6 Å². The number of nitrogens with one attached hydrogen (secondary N) is 1. The Labute approximate surface area is 145 Å². The van der Waals surface area contributed by atoms with Crippen LogP contribution in [0.2, 0.25) is 0 Å². The summed E-state index contributed by atoms with van der Waals surface area (Å²) in [6, 6.07) is 3.96. The number of rotatable bonds is 5. The van der Waals surface area contributed by atoms with Gasteiger partial charge in [0.25, 0.3) is 0 Å². The minimum atomic E-state index is -4.48. The van der Waals surface area contributed by atoms with Gasteiger partial charge in [0.2, 0.25) is 5.91 Å². The smallest absolute Gasteiger partial charge is 0.308 e. The molecule has 0 fully saturated rings. The molecule has 1 heterocycles. The van der Waals surface area contributed by atoms with Crippen molar-refractivity contribution in [1.29, 1.82) is 0 Å². The lowest BCUT2D eigenvalue weighted by molar-refractivity contribution is -0.136. The van der Waals surface area contributed by atoms with Crippen LogP contribution in [-0.4, -0.2) is 15.7 Å². The van der Waals surface area contributed by atoms with Gasteiger partial charge in [-0.1, -0.05) is 46.6 Å². The number of unbranched alkanes of at least 4 members (excludes halogenated alkanes) is 2. The number of fused-ring (bicyclic) bond motifs is 1. The highest BCUT2D eigenvalue weighted by Crippen LogP contribution is 2.37. The molecule has 0 saturated carbocycles. The van der Waals surface area contributed by atoms with Gasteiger partial charge in [0.15, 0.2) is 5.82 Å². The zero-order chi connectivity index (χ0) is 18.8. The van der Waals surface area contributed by atoms with E-state index >= 15 is 0 Å². The predicted octanol–water partition coefficient (Wildman–Crippen LogP) is 5.23. The fourth-order valence-electron chi connectivity index (χ4n) is 2.53. The van der Waals surface area contributed by atoms with Crippen LogP contribution >= 0.6 is 0 Å². The summed E-state index contributed by atoms with van der Waals surface area (Å²) in [5.74, 6) is -0.109. The summed E-state index contributed by atoms with van der Waals surface area (Å²) in [6.45, 7) is 7.62. The first-order valence-electron chi connectivity index (χ1n) is 8.44. The Hall–Kier alpha value is -2.05. The number of anilines is 1. The van der Waals surface area contributed by atoms with Crippen molar-refractivity contribution in [3.05, 3.63) is 23.8 Å². The number of amides is 1. The lowest BCUT2D eigenvalue weighted by Crippen LogP contribution is -2.27. The third-order valence-electron chi connectivity index (χ3n) is 3.96. The van der Waals surface area contributed by atoms with Gasteiger partial charge in [0.05, 0.1) is 11.1 Å². The van der Waals surface area contributed by atoms with Gasteiger partial charge in [-0.15, -0.1) is 0 Å². The predicted molar refractivity (Wildman–Crippen MR) is 92.3 cm³/mol. The summed E-state index contributed by atoms with van der Waals surface area (Å²) >= 11 is 0. The van der Waals surface area contributed by atoms with Crippen LogP contribution in [0.25, 0.3) is 10.9 Å². The van der Waals surface area contributed by atoms with Crippen LogP contribution < -0.4 is 5.32 Å². The SMILES string of the molecule is CCCCCn1nc(NC(=O)C(C)(C)C)c2cccc(C(F)(F)F)c21. The maximum atomic E-state index is 13.4. The molecule has 7 heteroatoms. The number of hydrogen-bond donors (Lipinski definition) is 1. The van der Waals surface area contributed by atoms with Crippen LogP contribution in [0.1, 0.15) is 52.5 Å². The minimum absolute atomic E-state index is 0.0234. The second kappa shape index (κ2) is 7.06. The number of alkyl halides is 3. The molecule has 0 aliphatic heterocycles. The van der Waals surface area contributed by atoms with Gasteiger partial charge in [0.1, 0.15) is 0 Å². The van der Waals surface area contributed by atoms with E-state index in [2.05, 4.69) is 10.4 Å². The summed E-state index contributed by atoms with van der Waals surface area (Å²) in [4.78, 5) is 12.2. The number of hydrogen-bond acceptors (Lipinski definition) is 2. The van der Waals surface area contributed by atoms with E-state index in [4.69, 9.17) is 0 Å². The molecular weight excluding hydrogens is 331 g/mol. The van der Waals surface area contributed by atoms with Crippen LogP contribution in [0.15, 0.2) is 18.2 Å². The van der Waals surface area contributed by atoms with Crippen LogP contribution in [0, 0.1) is 5.41 Å². The van der Waals surface area contributed by atoms with Gasteiger partial charge in [-0.2, -0.15) is 18.3 Å². The van der Waals surface area contributed by atoms with Gasteiger partial charge in [0, 0.05) is 17.3 Å². The Bertz CT molecular complexity index is 757. The number of aromatic nitrogens is 2. The number of nitrogens with zero attached hydrogens (tertiary/aromatic N) is 2. The van der Waals surface area contributed by atoms with E-state index in [0.717, 1.165) is 25.3 Å². The van der Waals surface area contributed by atoms with Crippen molar-refractivity contribution in [3.8, 4) is 0 Å². The Morgan fingerprint density at radius 3 is 2.44 bits per heavy atom. The first-order chi connectivity index (χ1) is 11.6. The Morgan fingerprint density at radius 1 is 1.20 bits per heavy atom. The third-order valence-corrected chi connectivity index (χ3v) is 3.96. The molecule has 0 saturated heterocycles. The summed E-state index contributed by atoms with van der Waals surface area (Å²) < 4.78 is 41.6. The molecule has 0 spiro atoms. The highest BCUT2D eigenvalue weighted by molar-refractivity contribution is 6.02. The molecule has 1 aromatic carbocycles. The molecule has 0 aliphatic carbocycles. The lowest BCUT2D eigenvalue weighted by atomic mass is 9.96. The zero-order valence-corrected chi connectivity index (χ0v) is 15.0. The average Bonchev–Trinajstić information content (AvgIpc) is 2.84. The molecule has 0 atom stereocenters. The van der Waals surface area contributed by atoms with Crippen LogP contribution in [0.5, 0.6) is 0 Å². The number of para-hydroxylation sites is 1. The van der Waals surface area contributed by atoms with E-state index in [-0.39, 0.29) is 17.2 Å². The van der Waals surface area contributed by atoms with E-state index in [1.165, 1.54) is 10.7 Å². The topological polar surface area (TPSA) is 46.9 Å². The van der Waals surface area contributed by atoms with Crippen molar-refractivity contribution < 1.29 is 18.0 Å². The van der Waals surface area contributed by atoms with Crippen molar-refractivity contribution in [3.63, 3.8) is 0 Å². The highest BCUT2D eigenvalue weighted by atomic mass is 19.4. The van der Waals surface area contributed by atoms with Gasteiger partial charge in [-0.25, -0.2) is 0 Å². The first-order valence-corrected chi connectivity index (χ1v) is 8.44. The number of benzene rings is 1. The minimum Gasteiger partial charge on any atom is -0.308 e. The van der Waals surface area contributed by atoms with E-state index in [9.17, 15) is 18.0 Å². The molecule has 0 bridgehead atoms. The zero-order valence-electron chi connectivity index (χ0n) is 15.0. The summed E-state index contributed by atoms with van der Waals surface area (Å²) in [5, 5.41) is 7.26. The second-order valence-corrected chi connectivity index (χ2v) is 7.18. The van der Waals surface area contributed by atoms with Gasteiger partial charge >= 0.3 is 6.18 Å². The fourth-order valence-corrected chi connectivity index (χ4v) is 2.53. The van der Waals surface area contributed by atoms with E-state index < -0.39 is 17.2 Å². The quantitative estimate of drug-likeness (QED) is 0.747. The monoisotopic (exact) mass is 355 g/mol. The number of aryl methyl sites for hydroxylation is 1. The van der Waals surface area contributed by atoms with E-state index in [1.807, 2.05) is 6.92 Å². The molecule has 0 aliphatic rings. The van der Waals surface area contributed by atoms with Crippen molar-refractivity contribution in [1.82, 2.24) is 9.78 Å². The van der Waals surface area contributed by atoms with Crippen LogP contribution in [0.4, 0.5) is 19.0 Å². The molecule has 1 aromatic heterocycles. The molecule has 4 nitrogen and oxygen atoms in total. The number of carbonyl (C=O) groups excluding carboxylic acids is 1. The van der Waals surface area contributed by atoms with Crippen molar-refractivity contribution in [2.75, 3.05) is 5.32 Å². The largest absolute Gasteiger partial charge is 0.418 e. The van der Waals surface area contributed by atoms with Crippen molar-refractivity contribution in [2.24, 2.45) is 5.41 Å². The Balaban J connectivity index is 2.55. The van der Waals surface area contributed by atoms with Gasteiger partial charge in [-0.05, 0) is 18.6 Å². The summed E-state index contributed by atoms with van der Waals surface area (Å²) in [5.41, 5.74) is -1.37.